The molecule has 1 rings (SSSR count). The van der Waals surface area contributed by atoms with Crippen LogP contribution in [0.4, 0.5) is 0 Å². The van der Waals surface area contributed by atoms with Crippen molar-refractivity contribution in [1.82, 2.24) is 10.2 Å². The molecule has 3 N–H and O–H groups in total. The maximum atomic E-state index is 12.5. The Morgan fingerprint density at radius 3 is 2.33 bits per heavy atom. The van der Waals surface area contributed by atoms with E-state index >= 15 is 0 Å². The van der Waals surface area contributed by atoms with Crippen molar-refractivity contribution in [1.29, 1.82) is 0 Å². The van der Waals surface area contributed by atoms with Gasteiger partial charge in [0.05, 0.1) is 16.9 Å². The molecule has 0 aromatic carbocycles. The highest BCUT2D eigenvalue weighted by molar-refractivity contribution is 7.80. The van der Waals surface area contributed by atoms with Gasteiger partial charge in [-0.1, -0.05) is 31.5 Å². The van der Waals surface area contributed by atoms with Crippen molar-refractivity contribution in [3.05, 3.63) is 0 Å². The van der Waals surface area contributed by atoms with Crippen LogP contribution in [-0.2, 0) is 9.59 Å². The molecular weight excluding hydrogens is 250 g/mol. The largest absolute Gasteiger partial charge is 0.392 e. The van der Waals surface area contributed by atoms with Crippen LogP contribution >= 0.6 is 12.2 Å². The SMILES string of the molecule is CNC(=O)CN(C)C(=O)C1(C(N)=S)CCCCC1. The summed E-state index contributed by atoms with van der Waals surface area (Å²) in [6.45, 7) is 0.0414. The molecule has 0 heterocycles. The Labute approximate surface area is 113 Å². The highest BCUT2D eigenvalue weighted by Gasteiger charge is 2.44. The minimum atomic E-state index is -0.740. The van der Waals surface area contributed by atoms with E-state index in [1.165, 1.54) is 4.90 Å². The van der Waals surface area contributed by atoms with Crippen LogP contribution in [0.25, 0.3) is 0 Å². The molecule has 0 atom stereocenters. The van der Waals surface area contributed by atoms with Crippen molar-refractivity contribution >= 4 is 29.0 Å². The van der Waals surface area contributed by atoms with E-state index in [9.17, 15) is 9.59 Å². The third-order valence-electron chi connectivity index (χ3n) is 3.59. The van der Waals surface area contributed by atoms with Gasteiger partial charge in [0.25, 0.3) is 0 Å². The Balaban J connectivity index is 2.82. The summed E-state index contributed by atoms with van der Waals surface area (Å²) in [5.41, 5.74) is 5.05. The first kappa shape index (κ1) is 14.9. The van der Waals surface area contributed by atoms with Crippen LogP contribution in [0.1, 0.15) is 32.1 Å². The summed E-state index contributed by atoms with van der Waals surface area (Å²) in [5, 5.41) is 2.50. The lowest BCUT2D eigenvalue weighted by Gasteiger charge is -2.37. The predicted molar refractivity (Wildman–Crippen MR) is 74.0 cm³/mol. The number of rotatable bonds is 4. The van der Waals surface area contributed by atoms with Crippen molar-refractivity contribution in [2.45, 2.75) is 32.1 Å². The molecule has 0 aromatic heterocycles. The standard InChI is InChI=1S/C12H21N3O2S/c1-14-9(16)8-15(2)11(17)12(10(13)18)6-4-3-5-7-12/h3-8H2,1-2H3,(H2,13,18)(H,14,16). The topological polar surface area (TPSA) is 75.4 Å². The van der Waals surface area contributed by atoms with Crippen LogP contribution in [0.15, 0.2) is 0 Å². The van der Waals surface area contributed by atoms with E-state index in [1.807, 2.05) is 0 Å². The number of nitrogens with zero attached hydrogens (tertiary/aromatic N) is 1. The molecule has 6 heteroatoms. The zero-order chi connectivity index (χ0) is 13.8. The van der Waals surface area contributed by atoms with Crippen LogP contribution in [0, 0.1) is 5.41 Å². The summed E-state index contributed by atoms with van der Waals surface area (Å²) < 4.78 is 0. The average molecular weight is 271 g/mol. The quantitative estimate of drug-likeness (QED) is 0.727. The highest BCUT2D eigenvalue weighted by Crippen LogP contribution is 2.38. The maximum absolute atomic E-state index is 12.5. The van der Waals surface area contributed by atoms with Gasteiger partial charge >= 0.3 is 0 Å². The second-order valence-electron chi connectivity index (χ2n) is 4.84. The maximum Gasteiger partial charge on any atom is 0.239 e. The van der Waals surface area contributed by atoms with Gasteiger partial charge in [-0.25, -0.2) is 0 Å². The Hall–Kier alpha value is -1.17. The molecule has 1 aliphatic rings. The normalized spacial score (nSPS) is 17.9. The van der Waals surface area contributed by atoms with Crippen molar-refractivity contribution in [2.24, 2.45) is 11.1 Å². The van der Waals surface area contributed by atoms with Gasteiger partial charge in [0, 0.05) is 14.1 Å². The van der Waals surface area contributed by atoms with Gasteiger partial charge in [0.2, 0.25) is 11.8 Å². The molecule has 1 aliphatic carbocycles. The number of hydrogen-bond donors (Lipinski definition) is 2. The van der Waals surface area contributed by atoms with Gasteiger partial charge < -0.3 is 16.0 Å². The van der Waals surface area contributed by atoms with E-state index in [2.05, 4.69) is 5.32 Å². The Morgan fingerprint density at radius 2 is 1.89 bits per heavy atom. The van der Waals surface area contributed by atoms with Gasteiger partial charge in [0.1, 0.15) is 0 Å². The molecule has 0 unspecified atom stereocenters. The summed E-state index contributed by atoms with van der Waals surface area (Å²) in [6, 6.07) is 0. The fraction of sp³-hybridized carbons (Fsp3) is 0.750. The minimum absolute atomic E-state index is 0.0414. The smallest absolute Gasteiger partial charge is 0.239 e. The van der Waals surface area contributed by atoms with E-state index in [4.69, 9.17) is 18.0 Å². The van der Waals surface area contributed by atoms with E-state index < -0.39 is 5.41 Å². The first-order chi connectivity index (χ1) is 8.44. The average Bonchev–Trinajstić information content (AvgIpc) is 2.38. The van der Waals surface area contributed by atoms with Gasteiger partial charge in [-0.2, -0.15) is 0 Å². The van der Waals surface area contributed by atoms with Crippen molar-refractivity contribution in [3.8, 4) is 0 Å². The first-order valence-electron chi connectivity index (χ1n) is 6.20. The van der Waals surface area contributed by atoms with Crippen molar-refractivity contribution < 1.29 is 9.59 Å². The van der Waals surface area contributed by atoms with Crippen molar-refractivity contribution in [3.63, 3.8) is 0 Å². The molecule has 0 bridgehead atoms. The van der Waals surface area contributed by atoms with Crippen molar-refractivity contribution in [2.75, 3.05) is 20.6 Å². The predicted octanol–water partition coefficient (Wildman–Crippen LogP) is 0.427. The highest BCUT2D eigenvalue weighted by atomic mass is 32.1. The molecule has 0 aromatic rings. The Bertz CT molecular complexity index is 351. The monoisotopic (exact) mass is 271 g/mol. The van der Waals surface area contributed by atoms with E-state index in [0.717, 1.165) is 19.3 Å². The number of thiocarbonyl (C=S) groups is 1. The molecule has 0 radical (unpaired) electrons. The second kappa shape index (κ2) is 6.13. The summed E-state index contributed by atoms with van der Waals surface area (Å²) >= 11 is 5.09. The molecule has 1 saturated carbocycles. The molecule has 2 amide bonds. The van der Waals surface area contributed by atoms with Crippen LogP contribution in [0.2, 0.25) is 0 Å². The summed E-state index contributed by atoms with van der Waals surface area (Å²) in [6.07, 6.45) is 4.41. The van der Waals surface area contributed by atoms with E-state index in [0.29, 0.717) is 12.8 Å². The van der Waals surface area contributed by atoms with E-state index in [-0.39, 0.29) is 23.3 Å². The van der Waals surface area contributed by atoms with Gasteiger partial charge in [-0.3, -0.25) is 9.59 Å². The molecule has 1 fully saturated rings. The van der Waals surface area contributed by atoms with Gasteiger partial charge in [-0.05, 0) is 12.8 Å². The molecule has 0 aliphatic heterocycles. The number of nitrogens with one attached hydrogen (secondary N) is 1. The lowest BCUT2D eigenvalue weighted by Crippen LogP contribution is -2.52. The first-order valence-corrected chi connectivity index (χ1v) is 6.61. The summed E-state index contributed by atoms with van der Waals surface area (Å²) in [7, 11) is 3.16. The summed E-state index contributed by atoms with van der Waals surface area (Å²) in [5.74, 6) is -0.321. The number of carbonyl (C=O) groups excluding carboxylic acids is 2. The fourth-order valence-corrected chi connectivity index (χ4v) is 2.74. The summed E-state index contributed by atoms with van der Waals surface area (Å²) in [4.78, 5) is 25.5. The van der Waals surface area contributed by atoms with Gasteiger partial charge in [0.15, 0.2) is 0 Å². The number of hydrogen-bond acceptors (Lipinski definition) is 3. The molecule has 18 heavy (non-hydrogen) atoms. The molecular formula is C12H21N3O2S. The fourth-order valence-electron chi connectivity index (χ4n) is 2.45. The number of likely N-dealkylation sites (N-methyl/N-ethyl adjacent to an activating group) is 2. The zero-order valence-electron chi connectivity index (χ0n) is 11.0. The Kier molecular flexibility index (Phi) is 5.07. The second-order valence-corrected chi connectivity index (χ2v) is 5.28. The minimum Gasteiger partial charge on any atom is -0.392 e. The zero-order valence-corrected chi connectivity index (χ0v) is 11.8. The van der Waals surface area contributed by atoms with Crippen LogP contribution in [0.3, 0.4) is 0 Å². The number of amides is 2. The molecule has 0 spiro atoms. The third kappa shape index (κ3) is 2.98. The lowest BCUT2D eigenvalue weighted by molar-refractivity contribution is -0.141. The van der Waals surface area contributed by atoms with Crippen LogP contribution < -0.4 is 11.1 Å². The van der Waals surface area contributed by atoms with Crippen LogP contribution in [-0.4, -0.2) is 42.3 Å². The van der Waals surface area contributed by atoms with E-state index in [1.54, 1.807) is 14.1 Å². The molecule has 5 nitrogen and oxygen atoms in total. The molecule has 0 saturated heterocycles. The number of carbonyl (C=O) groups is 2. The molecule has 102 valence electrons. The number of nitrogens with two attached hydrogens (primary N) is 1. The third-order valence-corrected chi connectivity index (χ3v) is 3.99. The Morgan fingerprint density at radius 1 is 1.33 bits per heavy atom. The lowest BCUT2D eigenvalue weighted by atomic mass is 9.73. The van der Waals surface area contributed by atoms with Gasteiger partial charge in [-0.15, -0.1) is 0 Å². The van der Waals surface area contributed by atoms with Crippen LogP contribution in [0.5, 0.6) is 0 Å².